The van der Waals surface area contributed by atoms with Gasteiger partial charge in [0.1, 0.15) is 5.69 Å². The van der Waals surface area contributed by atoms with Crippen molar-refractivity contribution >= 4 is 27.6 Å². The summed E-state index contributed by atoms with van der Waals surface area (Å²) in [5, 5.41) is 2.36. The SMILES string of the molecule is O=C1CCCn2c3ccccc3c3ccnc1c32. The quantitative estimate of drug-likeness (QED) is 0.601. The van der Waals surface area contributed by atoms with E-state index in [1.807, 2.05) is 18.2 Å². The molecule has 0 N–H and O–H groups in total. The number of rotatable bonds is 0. The standard InChI is InChI=1S/C15H12N2O/c18-13-6-3-9-17-12-5-2-1-4-10(12)11-7-8-16-14(13)15(11)17/h1-2,4-5,7-8H,3,6,9H2. The average molecular weight is 236 g/mol. The Morgan fingerprint density at radius 3 is 2.94 bits per heavy atom. The van der Waals surface area contributed by atoms with Gasteiger partial charge in [0.05, 0.1) is 5.52 Å². The topological polar surface area (TPSA) is 34.9 Å². The van der Waals surface area contributed by atoms with Crippen LogP contribution in [0.2, 0.25) is 0 Å². The molecular weight excluding hydrogens is 224 g/mol. The van der Waals surface area contributed by atoms with E-state index in [1.165, 1.54) is 10.9 Å². The summed E-state index contributed by atoms with van der Waals surface area (Å²) in [4.78, 5) is 16.4. The van der Waals surface area contributed by atoms with Crippen LogP contribution < -0.4 is 0 Å². The normalized spacial score (nSPS) is 15.2. The average Bonchev–Trinajstić information content (AvgIpc) is 2.63. The van der Waals surface area contributed by atoms with Crippen molar-refractivity contribution in [2.75, 3.05) is 0 Å². The van der Waals surface area contributed by atoms with Crippen molar-refractivity contribution < 1.29 is 4.79 Å². The number of benzene rings is 1. The lowest BCUT2D eigenvalue weighted by atomic mass is 10.1. The Kier molecular flexibility index (Phi) is 1.87. The Bertz CT molecular complexity index is 786. The van der Waals surface area contributed by atoms with Gasteiger partial charge in [-0.3, -0.25) is 9.78 Å². The largest absolute Gasteiger partial charge is 0.339 e. The van der Waals surface area contributed by atoms with Gasteiger partial charge in [0, 0.05) is 35.5 Å². The van der Waals surface area contributed by atoms with Crippen LogP contribution in [0.5, 0.6) is 0 Å². The maximum Gasteiger partial charge on any atom is 0.183 e. The number of pyridine rings is 1. The molecule has 0 bridgehead atoms. The molecule has 1 aliphatic heterocycles. The molecule has 3 heterocycles. The number of ketones is 1. The van der Waals surface area contributed by atoms with Gasteiger partial charge < -0.3 is 4.57 Å². The number of aryl methyl sites for hydroxylation is 1. The first-order valence-corrected chi connectivity index (χ1v) is 6.25. The van der Waals surface area contributed by atoms with Crippen molar-refractivity contribution in [3.8, 4) is 0 Å². The van der Waals surface area contributed by atoms with Crippen molar-refractivity contribution in [2.45, 2.75) is 19.4 Å². The van der Waals surface area contributed by atoms with E-state index in [2.05, 4.69) is 21.7 Å². The fourth-order valence-corrected chi connectivity index (χ4v) is 2.95. The summed E-state index contributed by atoms with van der Waals surface area (Å²) in [6.07, 6.45) is 3.24. The predicted octanol–water partition coefficient (Wildman–Crippen LogP) is 3.17. The first-order valence-electron chi connectivity index (χ1n) is 6.25. The van der Waals surface area contributed by atoms with Gasteiger partial charge in [-0.1, -0.05) is 18.2 Å². The number of fused-ring (bicyclic) bond motifs is 3. The van der Waals surface area contributed by atoms with E-state index in [0.29, 0.717) is 12.1 Å². The molecule has 0 atom stereocenters. The van der Waals surface area contributed by atoms with Crippen LogP contribution in [-0.4, -0.2) is 15.3 Å². The second kappa shape index (κ2) is 3.42. The van der Waals surface area contributed by atoms with Crippen LogP contribution in [0.3, 0.4) is 0 Å². The molecule has 0 fully saturated rings. The van der Waals surface area contributed by atoms with Crippen LogP contribution in [-0.2, 0) is 6.54 Å². The van der Waals surface area contributed by atoms with Gasteiger partial charge in [0.15, 0.2) is 5.78 Å². The third-order valence-electron chi connectivity index (χ3n) is 3.73. The summed E-state index contributed by atoms with van der Waals surface area (Å²) in [5.74, 6) is 0.169. The zero-order valence-corrected chi connectivity index (χ0v) is 9.89. The molecule has 2 aromatic heterocycles. The Hall–Kier alpha value is -2.16. The number of hydrogen-bond acceptors (Lipinski definition) is 2. The fourth-order valence-electron chi connectivity index (χ4n) is 2.95. The molecule has 18 heavy (non-hydrogen) atoms. The Labute approximate surface area is 104 Å². The van der Waals surface area contributed by atoms with E-state index in [9.17, 15) is 4.79 Å². The number of hydrogen-bond donors (Lipinski definition) is 0. The van der Waals surface area contributed by atoms with E-state index in [-0.39, 0.29) is 5.78 Å². The number of para-hydroxylation sites is 1. The summed E-state index contributed by atoms with van der Waals surface area (Å²) in [6, 6.07) is 10.3. The Morgan fingerprint density at radius 2 is 2.00 bits per heavy atom. The molecule has 3 nitrogen and oxygen atoms in total. The van der Waals surface area contributed by atoms with E-state index in [4.69, 9.17) is 0 Å². The lowest BCUT2D eigenvalue weighted by Gasteiger charge is -2.03. The molecule has 0 radical (unpaired) electrons. The fraction of sp³-hybridized carbons (Fsp3) is 0.200. The summed E-state index contributed by atoms with van der Waals surface area (Å²) in [7, 11) is 0. The molecule has 0 saturated carbocycles. The van der Waals surface area contributed by atoms with Crippen LogP contribution >= 0.6 is 0 Å². The van der Waals surface area contributed by atoms with Gasteiger partial charge in [-0.2, -0.15) is 0 Å². The maximum atomic E-state index is 12.1. The summed E-state index contributed by atoms with van der Waals surface area (Å²) in [6.45, 7) is 0.897. The first-order chi connectivity index (χ1) is 8.86. The predicted molar refractivity (Wildman–Crippen MR) is 70.8 cm³/mol. The molecule has 3 aromatic rings. The van der Waals surface area contributed by atoms with Gasteiger partial charge >= 0.3 is 0 Å². The molecule has 1 aliphatic rings. The smallest absolute Gasteiger partial charge is 0.183 e. The molecule has 3 heteroatoms. The highest BCUT2D eigenvalue weighted by Gasteiger charge is 2.21. The van der Waals surface area contributed by atoms with Gasteiger partial charge in [-0.15, -0.1) is 0 Å². The highest BCUT2D eigenvalue weighted by Crippen LogP contribution is 2.32. The third-order valence-corrected chi connectivity index (χ3v) is 3.73. The second-order valence-corrected chi connectivity index (χ2v) is 4.75. The maximum absolute atomic E-state index is 12.1. The van der Waals surface area contributed by atoms with Gasteiger partial charge in [0.2, 0.25) is 0 Å². The van der Waals surface area contributed by atoms with Crippen molar-refractivity contribution in [2.24, 2.45) is 0 Å². The lowest BCUT2D eigenvalue weighted by molar-refractivity contribution is 0.0978. The molecular formula is C15H12N2O. The van der Waals surface area contributed by atoms with Crippen molar-refractivity contribution in [1.29, 1.82) is 0 Å². The van der Waals surface area contributed by atoms with Gasteiger partial charge in [-0.25, -0.2) is 0 Å². The number of aromatic nitrogens is 2. The molecule has 4 rings (SSSR count). The molecule has 0 amide bonds. The highest BCUT2D eigenvalue weighted by molar-refractivity contribution is 6.15. The second-order valence-electron chi connectivity index (χ2n) is 4.75. The minimum Gasteiger partial charge on any atom is -0.339 e. The third kappa shape index (κ3) is 1.13. The van der Waals surface area contributed by atoms with Crippen molar-refractivity contribution in [1.82, 2.24) is 9.55 Å². The highest BCUT2D eigenvalue weighted by atomic mass is 16.1. The number of carbonyl (C=O) groups is 1. The van der Waals surface area contributed by atoms with Gasteiger partial charge in [-0.05, 0) is 18.6 Å². The van der Waals surface area contributed by atoms with Gasteiger partial charge in [0.25, 0.3) is 0 Å². The van der Waals surface area contributed by atoms with E-state index in [0.717, 1.165) is 23.9 Å². The summed E-state index contributed by atoms with van der Waals surface area (Å²) in [5.41, 5.74) is 2.86. The number of carbonyl (C=O) groups excluding carboxylic acids is 1. The molecule has 0 unspecified atom stereocenters. The molecule has 0 spiro atoms. The van der Waals surface area contributed by atoms with Crippen LogP contribution in [0.25, 0.3) is 21.8 Å². The molecule has 0 aliphatic carbocycles. The van der Waals surface area contributed by atoms with Crippen molar-refractivity contribution in [3.63, 3.8) is 0 Å². The van der Waals surface area contributed by atoms with E-state index < -0.39 is 0 Å². The molecule has 88 valence electrons. The minimum absolute atomic E-state index is 0.169. The monoisotopic (exact) mass is 236 g/mol. The van der Waals surface area contributed by atoms with Crippen LogP contribution in [0.4, 0.5) is 0 Å². The zero-order valence-electron chi connectivity index (χ0n) is 9.89. The number of Topliss-reactive ketones (excluding diaryl/α,β-unsaturated/α-hetero) is 1. The first kappa shape index (κ1) is 9.83. The lowest BCUT2D eigenvalue weighted by Crippen LogP contribution is -2.00. The Balaban J connectivity index is 2.30. The van der Waals surface area contributed by atoms with Crippen molar-refractivity contribution in [3.05, 3.63) is 42.2 Å². The number of nitrogens with zero attached hydrogens (tertiary/aromatic N) is 2. The minimum atomic E-state index is 0.169. The molecule has 1 aromatic carbocycles. The summed E-state index contributed by atoms with van der Waals surface area (Å²) >= 11 is 0. The summed E-state index contributed by atoms with van der Waals surface area (Å²) < 4.78 is 2.25. The zero-order chi connectivity index (χ0) is 12.1. The van der Waals surface area contributed by atoms with E-state index >= 15 is 0 Å². The van der Waals surface area contributed by atoms with E-state index in [1.54, 1.807) is 6.20 Å². The van der Waals surface area contributed by atoms with Crippen LogP contribution in [0.1, 0.15) is 23.3 Å². The Morgan fingerprint density at radius 1 is 1.11 bits per heavy atom. The molecule has 0 saturated heterocycles. The van der Waals surface area contributed by atoms with Crippen LogP contribution in [0, 0.1) is 0 Å². The van der Waals surface area contributed by atoms with Crippen LogP contribution in [0.15, 0.2) is 36.5 Å².